The third kappa shape index (κ3) is 2.02. The molecule has 0 aliphatic heterocycles. The summed E-state index contributed by atoms with van der Waals surface area (Å²) in [6, 6.07) is 1.86. The fraction of sp³-hybridized carbons (Fsp3) is 0.400. The standard InChI is InChI=1S/C10H15N3O/c1-4-7-5-8(10(14)12-3)9(11-2)13-6-7/h5-6H,4H2,1-3H3,(H,11,13)(H,12,14). The Morgan fingerprint density at radius 3 is 2.71 bits per heavy atom. The van der Waals surface area contributed by atoms with Crippen molar-refractivity contribution in [1.29, 1.82) is 0 Å². The van der Waals surface area contributed by atoms with Crippen molar-refractivity contribution in [2.45, 2.75) is 13.3 Å². The van der Waals surface area contributed by atoms with E-state index in [9.17, 15) is 4.79 Å². The lowest BCUT2D eigenvalue weighted by molar-refractivity contribution is 0.0963. The molecule has 0 radical (unpaired) electrons. The van der Waals surface area contributed by atoms with Crippen LogP contribution in [-0.2, 0) is 6.42 Å². The summed E-state index contributed by atoms with van der Waals surface area (Å²) >= 11 is 0. The van der Waals surface area contributed by atoms with Crippen LogP contribution in [0.15, 0.2) is 12.3 Å². The van der Waals surface area contributed by atoms with E-state index in [1.54, 1.807) is 20.3 Å². The minimum absolute atomic E-state index is 0.114. The molecule has 0 saturated heterocycles. The van der Waals surface area contributed by atoms with Crippen LogP contribution < -0.4 is 10.6 Å². The van der Waals surface area contributed by atoms with Gasteiger partial charge in [-0.25, -0.2) is 4.98 Å². The number of aryl methyl sites for hydroxylation is 1. The molecule has 4 nitrogen and oxygen atoms in total. The molecular weight excluding hydrogens is 178 g/mol. The molecule has 1 aromatic heterocycles. The van der Waals surface area contributed by atoms with Gasteiger partial charge in [0.05, 0.1) is 5.56 Å². The van der Waals surface area contributed by atoms with Crippen molar-refractivity contribution in [3.05, 3.63) is 23.4 Å². The van der Waals surface area contributed by atoms with Gasteiger partial charge >= 0.3 is 0 Å². The minimum atomic E-state index is -0.114. The average molecular weight is 193 g/mol. The number of hydrogen-bond acceptors (Lipinski definition) is 3. The van der Waals surface area contributed by atoms with Crippen LogP contribution in [0.3, 0.4) is 0 Å². The van der Waals surface area contributed by atoms with E-state index < -0.39 is 0 Å². The highest BCUT2D eigenvalue weighted by atomic mass is 16.1. The van der Waals surface area contributed by atoms with E-state index in [0.29, 0.717) is 11.4 Å². The Morgan fingerprint density at radius 2 is 2.21 bits per heavy atom. The van der Waals surface area contributed by atoms with Crippen LogP contribution >= 0.6 is 0 Å². The maximum Gasteiger partial charge on any atom is 0.254 e. The predicted octanol–water partition coefficient (Wildman–Crippen LogP) is 1.05. The molecule has 0 bridgehead atoms. The van der Waals surface area contributed by atoms with Gasteiger partial charge in [-0.2, -0.15) is 0 Å². The van der Waals surface area contributed by atoms with Gasteiger partial charge in [-0.3, -0.25) is 4.79 Å². The Labute approximate surface area is 83.7 Å². The van der Waals surface area contributed by atoms with Crippen molar-refractivity contribution < 1.29 is 4.79 Å². The van der Waals surface area contributed by atoms with Gasteiger partial charge in [0.2, 0.25) is 0 Å². The van der Waals surface area contributed by atoms with Crippen LogP contribution in [-0.4, -0.2) is 25.0 Å². The number of carbonyl (C=O) groups is 1. The van der Waals surface area contributed by atoms with Gasteiger partial charge in [0.1, 0.15) is 5.82 Å². The predicted molar refractivity (Wildman–Crippen MR) is 56.6 cm³/mol. The number of nitrogens with zero attached hydrogens (tertiary/aromatic N) is 1. The van der Waals surface area contributed by atoms with Gasteiger partial charge in [0, 0.05) is 20.3 Å². The number of aromatic nitrogens is 1. The molecule has 0 atom stereocenters. The van der Waals surface area contributed by atoms with E-state index in [0.717, 1.165) is 12.0 Å². The lowest BCUT2D eigenvalue weighted by Crippen LogP contribution is -2.20. The molecule has 1 amide bonds. The molecule has 0 saturated carbocycles. The second-order valence-corrected chi connectivity index (χ2v) is 2.92. The molecule has 1 rings (SSSR count). The molecule has 76 valence electrons. The molecule has 2 N–H and O–H groups in total. The summed E-state index contributed by atoms with van der Waals surface area (Å²) in [6.07, 6.45) is 2.65. The first kappa shape index (κ1) is 10.5. The zero-order valence-corrected chi connectivity index (χ0v) is 8.72. The van der Waals surface area contributed by atoms with Gasteiger partial charge in [-0.15, -0.1) is 0 Å². The summed E-state index contributed by atoms with van der Waals surface area (Å²) in [7, 11) is 3.36. The van der Waals surface area contributed by atoms with E-state index >= 15 is 0 Å². The number of nitrogens with one attached hydrogen (secondary N) is 2. The summed E-state index contributed by atoms with van der Waals surface area (Å²) in [4.78, 5) is 15.6. The molecule has 0 aromatic carbocycles. The first-order valence-electron chi connectivity index (χ1n) is 4.61. The molecule has 0 aliphatic rings. The van der Waals surface area contributed by atoms with Crippen molar-refractivity contribution in [3.63, 3.8) is 0 Å². The maximum absolute atomic E-state index is 11.5. The van der Waals surface area contributed by atoms with Crippen LogP contribution in [0, 0.1) is 0 Å². The number of rotatable bonds is 3. The van der Waals surface area contributed by atoms with Crippen molar-refractivity contribution in [3.8, 4) is 0 Å². The fourth-order valence-electron chi connectivity index (χ4n) is 1.21. The molecule has 1 aromatic rings. The molecule has 4 heteroatoms. The second-order valence-electron chi connectivity index (χ2n) is 2.92. The zero-order valence-electron chi connectivity index (χ0n) is 8.72. The summed E-state index contributed by atoms with van der Waals surface area (Å²) in [5, 5.41) is 5.48. The van der Waals surface area contributed by atoms with Gasteiger partial charge in [0.15, 0.2) is 0 Å². The van der Waals surface area contributed by atoms with E-state index in [-0.39, 0.29) is 5.91 Å². The summed E-state index contributed by atoms with van der Waals surface area (Å²) in [5.74, 6) is 0.499. The van der Waals surface area contributed by atoms with E-state index in [2.05, 4.69) is 15.6 Å². The first-order valence-corrected chi connectivity index (χ1v) is 4.61. The SMILES string of the molecule is CCc1cnc(NC)c(C(=O)NC)c1. The second kappa shape index (κ2) is 4.60. The molecule has 0 aliphatic carbocycles. The summed E-state index contributed by atoms with van der Waals surface area (Å²) < 4.78 is 0. The first-order chi connectivity index (χ1) is 6.72. The average Bonchev–Trinajstić information content (AvgIpc) is 2.27. The highest BCUT2D eigenvalue weighted by Crippen LogP contribution is 2.13. The number of anilines is 1. The van der Waals surface area contributed by atoms with E-state index in [1.807, 2.05) is 13.0 Å². The van der Waals surface area contributed by atoms with Gasteiger partial charge in [0.25, 0.3) is 5.91 Å². The van der Waals surface area contributed by atoms with Crippen LogP contribution in [0.5, 0.6) is 0 Å². The maximum atomic E-state index is 11.5. The van der Waals surface area contributed by atoms with Crippen LogP contribution in [0.25, 0.3) is 0 Å². The quantitative estimate of drug-likeness (QED) is 0.754. The highest BCUT2D eigenvalue weighted by molar-refractivity contribution is 5.98. The number of hydrogen-bond donors (Lipinski definition) is 2. The lowest BCUT2D eigenvalue weighted by Gasteiger charge is -2.08. The fourth-order valence-corrected chi connectivity index (χ4v) is 1.21. The molecular formula is C10H15N3O. The van der Waals surface area contributed by atoms with E-state index in [4.69, 9.17) is 0 Å². The smallest absolute Gasteiger partial charge is 0.254 e. The van der Waals surface area contributed by atoms with E-state index in [1.165, 1.54) is 0 Å². The normalized spacial score (nSPS) is 9.64. The Hall–Kier alpha value is -1.58. The lowest BCUT2D eigenvalue weighted by atomic mass is 10.1. The Morgan fingerprint density at radius 1 is 1.50 bits per heavy atom. The molecule has 0 spiro atoms. The Bertz CT molecular complexity index is 336. The zero-order chi connectivity index (χ0) is 10.6. The van der Waals surface area contributed by atoms with Crippen LogP contribution in [0.4, 0.5) is 5.82 Å². The third-order valence-corrected chi connectivity index (χ3v) is 2.06. The van der Waals surface area contributed by atoms with Gasteiger partial charge in [-0.1, -0.05) is 6.92 Å². The highest BCUT2D eigenvalue weighted by Gasteiger charge is 2.10. The molecule has 0 fully saturated rings. The molecule has 0 unspecified atom stereocenters. The van der Waals surface area contributed by atoms with Gasteiger partial charge < -0.3 is 10.6 Å². The van der Waals surface area contributed by atoms with Crippen molar-refractivity contribution >= 4 is 11.7 Å². The topological polar surface area (TPSA) is 54.0 Å². The van der Waals surface area contributed by atoms with Gasteiger partial charge in [-0.05, 0) is 18.1 Å². The monoisotopic (exact) mass is 193 g/mol. The summed E-state index contributed by atoms with van der Waals surface area (Å²) in [6.45, 7) is 2.03. The minimum Gasteiger partial charge on any atom is -0.372 e. The third-order valence-electron chi connectivity index (χ3n) is 2.06. The van der Waals surface area contributed by atoms with Crippen LogP contribution in [0.2, 0.25) is 0 Å². The van der Waals surface area contributed by atoms with Crippen LogP contribution in [0.1, 0.15) is 22.8 Å². The number of pyridine rings is 1. The van der Waals surface area contributed by atoms with Crippen molar-refractivity contribution in [1.82, 2.24) is 10.3 Å². The Balaban J connectivity index is 3.14. The van der Waals surface area contributed by atoms with Crippen molar-refractivity contribution in [2.24, 2.45) is 0 Å². The largest absolute Gasteiger partial charge is 0.372 e. The molecule has 1 heterocycles. The Kier molecular flexibility index (Phi) is 3.45. The molecule has 14 heavy (non-hydrogen) atoms. The van der Waals surface area contributed by atoms with Crippen molar-refractivity contribution in [2.75, 3.05) is 19.4 Å². The number of amides is 1. The summed E-state index contributed by atoms with van der Waals surface area (Å²) in [5.41, 5.74) is 1.65. The number of carbonyl (C=O) groups excluding carboxylic acids is 1.